The average molecular weight is 324 g/mol. The van der Waals surface area contributed by atoms with Gasteiger partial charge in [-0.05, 0) is 36.1 Å². The van der Waals surface area contributed by atoms with Crippen LogP contribution in [0.15, 0.2) is 41.8 Å². The normalized spacial score (nSPS) is 11.7. The van der Waals surface area contributed by atoms with E-state index in [0.717, 1.165) is 5.56 Å². The first-order chi connectivity index (χ1) is 10.1. The van der Waals surface area contributed by atoms with Crippen molar-refractivity contribution >= 4 is 34.8 Å². The molecular weight excluding hydrogens is 310 g/mol. The molecule has 0 fully saturated rings. The molecule has 0 saturated heterocycles. The average Bonchev–Trinajstić information content (AvgIpc) is 2.99. The van der Waals surface area contributed by atoms with Crippen molar-refractivity contribution in [1.82, 2.24) is 5.32 Å². The van der Waals surface area contributed by atoms with E-state index in [2.05, 4.69) is 5.32 Å². The van der Waals surface area contributed by atoms with E-state index in [-0.39, 0.29) is 18.6 Å². The van der Waals surface area contributed by atoms with E-state index in [9.17, 15) is 9.59 Å². The maximum absolute atomic E-state index is 11.8. The molecule has 1 aromatic carbocycles. The van der Waals surface area contributed by atoms with Crippen molar-refractivity contribution in [2.24, 2.45) is 0 Å². The van der Waals surface area contributed by atoms with Crippen LogP contribution in [0.2, 0.25) is 5.02 Å². The van der Waals surface area contributed by atoms with Crippen LogP contribution in [-0.2, 0) is 9.53 Å². The monoisotopic (exact) mass is 323 g/mol. The third kappa shape index (κ3) is 4.58. The molecule has 6 heteroatoms. The van der Waals surface area contributed by atoms with Gasteiger partial charge < -0.3 is 10.1 Å². The van der Waals surface area contributed by atoms with Crippen LogP contribution < -0.4 is 5.32 Å². The number of carbonyl (C=O) groups is 2. The zero-order chi connectivity index (χ0) is 15.2. The van der Waals surface area contributed by atoms with E-state index in [1.807, 2.05) is 19.1 Å². The lowest BCUT2D eigenvalue weighted by atomic mass is 10.1. The van der Waals surface area contributed by atoms with E-state index in [1.165, 1.54) is 11.3 Å². The topological polar surface area (TPSA) is 55.4 Å². The van der Waals surface area contributed by atoms with Gasteiger partial charge in [-0.1, -0.05) is 29.8 Å². The SMILES string of the molecule is C[C@@H](NC(=O)COC(=O)c1cccs1)c1cccc(Cl)c1. The largest absolute Gasteiger partial charge is 0.451 e. The molecule has 0 aliphatic carbocycles. The number of hydrogen-bond acceptors (Lipinski definition) is 4. The van der Waals surface area contributed by atoms with E-state index in [4.69, 9.17) is 16.3 Å². The van der Waals surface area contributed by atoms with Gasteiger partial charge in [0.1, 0.15) is 4.88 Å². The van der Waals surface area contributed by atoms with Crippen LogP contribution in [0.1, 0.15) is 28.2 Å². The molecule has 0 bridgehead atoms. The highest BCUT2D eigenvalue weighted by Crippen LogP contribution is 2.17. The van der Waals surface area contributed by atoms with Crippen LogP contribution in [0, 0.1) is 0 Å². The second kappa shape index (κ2) is 7.24. The third-order valence-corrected chi connectivity index (χ3v) is 3.87. The Morgan fingerprint density at radius 2 is 2.14 bits per heavy atom. The van der Waals surface area contributed by atoms with E-state index < -0.39 is 5.97 Å². The fraction of sp³-hybridized carbons (Fsp3) is 0.200. The second-order valence-electron chi connectivity index (χ2n) is 4.40. The van der Waals surface area contributed by atoms with Gasteiger partial charge in [0.05, 0.1) is 6.04 Å². The number of thiophene rings is 1. The molecule has 0 radical (unpaired) electrons. The number of rotatable bonds is 5. The highest BCUT2D eigenvalue weighted by Gasteiger charge is 2.13. The van der Waals surface area contributed by atoms with Crippen molar-refractivity contribution in [2.75, 3.05) is 6.61 Å². The number of halogens is 1. The molecule has 4 nitrogen and oxygen atoms in total. The predicted octanol–water partition coefficient (Wildman–Crippen LogP) is 3.44. The minimum Gasteiger partial charge on any atom is -0.451 e. The number of esters is 1. The molecule has 110 valence electrons. The fourth-order valence-corrected chi connectivity index (χ4v) is 2.55. The molecule has 1 aromatic heterocycles. The molecule has 1 N–H and O–H groups in total. The Hall–Kier alpha value is -1.85. The molecule has 0 spiro atoms. The number of benzene rings is 1. The quantitative estimate of drug-likeness (QED) is 0.858. The van der Waals surface area contributed by atoms with Crippen molar-refractivity contribution in [3.05, 3.63) is 57.2 Å². The Labute approximate surface area is 131 Å². The van der Waals surface area contributed by atoms with Gasteiger partial charge in [0.15, 0.2) is 6.61 Å². The summed E-state index contributed by atoms with van der Waals surface area (Å²) in [7, 11) is 0. The molecule has 0 saturated carbocycles. The third-order valence-electron chi connectivity index (χ3n) is 2.78. The number of nitrogens with one attached hydrogen (secondary N) is 1. The summed E-state index contributed by atoms with van der Waals surface area (Å²) in [5.41, 5.74) is 0.889. The van der Waals surface area contributed by atoms with E-state index in [1.54, 1.807) is 29.6 Å². The van der Waals surface area contributed by atoms with Gasteiger partial charge >= 0.3 is 5.97 Å². The van der Waals surface area contributed by atoms with Gasteiger partial charge in [-0.15, -0.1) is 11.3 Å². The first-order valence-electron chi connectivity index (χ1n) is 6.31. The second-order valence-corrected chi connectivity index (χ2v) is 5.78. The lowest BCUT2D eigenvalue weighted by Crippen LogP contribution is -2.31. The van der Waals surface area contributed by atoms with Crippen molar-refractivity contribution < 1.29 is 14.3 Å². The summed E-state index contributed by atoms with van der Waals surface area (Å²) in [6, 6.07) is 10.4. The number of carbonyl (C=O) groups excluding carboxylic acids is 2. The van der Waals surface area contributed by atoms with Gasteiger partial charge in [-0.25, -0.2) is 4.79 Å². The van der Waals surface area contributed by atoms with Crippen LogP contribution in [0.3, 0.4) is 0 Å². The lowest BCUT2D eigenvalue weighted by Gasteiger charge is -2.14. The highest BCUT2D eigenvalue weighted by molar-refractivity contribution is 7.11. The first kappa shape index (κ1) is 15.5. The minimum absolute atomic E-state index is 0.211. The molecule has 1 heterocycles. The fourth-order valence-electron chi connectivity index (χ4n) is 1.74. The Morgan fingerprint density at radius 3 is 2.81 bits per heavy atom. The van der Waals surface area contributed by atoms with Gasteiger partial charge in [-0.3, -0.25) is 4.79 Å². The highest BCUT2D eigenvalue weighted by atomic mass is 35.5. The van der Waals surface area contributed by atoms with Crippen LogP contribution >= 0.6 is 22.9 Å². The Morgan fingerprint density at radius 1 is 1.33 bits per heavy atom. The summed E-state index contributed by atoms with van der Waals surface area (Å²) in [4.78, 5) is 23.8. The number of ether oxygens (including phenoxy) is 1. The molecule has 21 heavy (non-hydrogen) atoms. The lowest BCUT2D eigenvalue weighted by molar-refractivity contribution is -0.124. The molecule has 1 atom stereocenters. The van der Waals surface area contributed by atoms with Crippen LogP contribution in [0.5, 0.6) is 0 Å². The molecular formula is C15H14ClNO3S. The summed E-state index contributed by atoms with van der Waals surface area (Å²) in [6.45, 7) is 1.53. The first-order valence-corrected chi connectivity index (χ1v) is 7.57. The molecule has 0 unspecified atom stereocenters. The Kier molecular flexibility index (Phi) is 5.36. The van der Waals surface area contributed by atoms with Crippen LogP contribution in [0.25, 0.3) is 0 Å². The summed E-state index contributed by atoms with van der Waals surface area (Å²) in [6.07, 6.45) is 0. The molecule has 1 amide bonds. The van der Waals surface area contributed by atoms with Crippen LogP contribution in [0.4, 0.5) is 0 Å². The number of amides is 1. The summed E-state index contributed by atoms with van der Waals surface area (Å²) < 4.78 is 4.94. The standard InChI is InChI=1S/C15H14ClNO3S/c1-10(11-4-2-5-12(16)8-11)17-14(18)9-20-15(19)13-6-3-7-21-13/h2-8,10H,9H2,1H3,(H,17,18)/t10-/m1/s1. The maximum Gasteiger partial charge on any atom is 0.348 e. The molecule has 0 aliphatic rings. The summed E-state index contributed by atoms with van der Waals surface area (Å²) in [5.74, 6) is -0.844. The number of hydrogen-bond donors (Lipinski definition) is 1. The van der Waals surface area contributed by atoms with Crippen molar-refractivity contribution in [3.8, 4) is 0 Å². The van der Waals surface area contributed by atoms with Crippen molar-refractivity contribution in [2.45, 2.75) is 13.0 Å². The zero-order valence-electron chi connectivity index (χ0n) is 11.3. The smallest absolute Gasteiger partial charge is 0.348 e. The van der Waals surface area contributed by atoms with Gasteiger partial charge in [0, 0.05) is 5.02 Å². The molecule has 2 aromatic rings. The predicted molar refractivity (Wildman–Crippen MR) is 82.6 cm³/mol. The van der Waals surface area contributed by atoms with Gasteiger partial charge in [0.25, 0.3) is 5.91 Å². The van der Waals surface area contributed by atoms with Crippen LogP contribution in [-0.4, -0.2) is 18.5 Å². The van der Waals surface area contributed by atoms with Crippen molar-refractivity contribution in [1.29, 1.82) is 0 Å². The van der Waals surface area contributed by atoms with Gasteiger partial charge in [0.2, 0.25) is 0 Å². The van der Waals surface area contributed by atoms with E-state index >= 15 is 0 Å². The summed E-state index contributed by atoms with van der Waals surface area (Å²) >= 11 is 7.18. The summed E-state index contributed by atoms with van der Waals surface area (Å²) in [5, 5.41) is 5.14. The molecule has 2 rings (SSSR count). The van der Waals surface area contributed by atoms with Crippen molar-refractivity contribution in [3.63, 3.8) is 0 Å². The maximum atomic E-state index is 11.8. The van der Waals surface area contributed by atoms with E-state index in [0.29, 0.717) is 9.90 Å². The Balaban J connectivity index is 1.83. The minimum atomic E-state index is -0.490. The Bertz CT molecular complexity index is 628. The zero-order valence-corrected chi connectivity index (χ0v) is 12.9. The molecule has 0 aliphatic heterocycles. The van der Waals surface area contributed by atoms with Gasteiger partial charge in [-0.2, -0.15) is 0 Å².